The van der Waals surface area contributed by atoms with Crippen molar-refractivity contribution in [2.45, 2.75) is 23.8 Å². The minimum absolute atomic E-state index is 0.0864. The van der Waals surface area contributed by atoms with Crippen LogP contribution in [0, 0.1) is 11.6 Å². The lowest BCUT2D eigenvalue weighted by molar-refractivity contribution is 0.414. The van der Waals surface area contributed by atoms with E-state index in [4.69, 9.17) is 0 Å². The van der Waals surface area contributed by atoms with Crippen molar-refractivity contribution in [1.29, 1.82) is 0 Å². The summed E-state index contributed by atoms with van der Waals surface area (Å²) in [5.74, 6) is -1.86. The summed E-state index contributed by atoms with van der Waals surface area (Å²) in [6, 6.07) is 2.56. The molecule has 2 rings (SSSR count). The van der Waals surface area contributed by atoms with Crippen LogP contribution in [0.25, 0.3) is 0 Å². The van der Waals surface area contributed by atoms with Crippen molar-refractivity contribution in [1.82, 2.24) is 9.62 Å². The average molecular weight is 290 g/mol. The standard InChI is InChI=1S/C12H16F2N2O2S/c1-16(8-10-3-2-6-15-10)19(17,18)12-5-4-9(13)7-11(12)14/h4-5,7,10,15H,2-3,6,8H2,1H3. The van der Waals surface area contributed by atoms with E-state index in [-0.39, 0.29) is 12.6 Å². The summed E-state index contributed by atoms with van der Waals surface area (Å²) in [7, 11) is -2.52. The molecule has 1 heterocycles. The molecule has 0 saturated carbocycles. The van der Waals surface area contributed by atoms with E-state index in [0.717, 1.165) is 35.8 Å². The molecule has 0 radical (unpaired) electrons. The van der Waals surface area contributed by atoms with Gasteiger partial charge in [0.15, 0.2) is 0 Å². The van der Waals surface area contributed by atoms with E-state index in [1.54, 1.807) is 0 Å². The van der Waals surface area contributed by atoms with E-state index in [1.807, 2.05) is 0 Å². The Labute approximate surface area is 111 Å². The molecule has 106 valence electrons. The lowest BCUT2D eigenvalue weighted by Crippen LogP contribution is -2.38. The molecule has 1 unspecified atom stereocenters. The van der Waals surface area contributed by atoms with Gasteiger partial charge in [0, 0.05) is 25.7 Å². The second-order valence-corrected chi connectivity index (χ2v) is 6.67. The molecule has 0 spiro atoms. The van der Waals surface area contributed by atoms with Crippen molar-refractivity contribution in [3.05, 3.63) is 29.8 Å². The molecule has 1 atom stereocenters. The molecule has 1 aliphatic heterocycles. The van der Waals surface area contributed by atoms with Crippen LogP contribution in [0.1, 0.15) is 12.8 Å². The SMILES string of the molecule is CN(CC1CCCN1)S(=O)(=O)c1ccc(F)cc1F. The highest BCUT2D eigenvalue weighted by atomic mass is 32.2. The van der Waals surface area contributed by atoms with Crippen molar-refractivity contribution in [3.63, 3.8) is 0 Å². The quantitative estimate of drug-likeness (QED) is 0.910. The van der Waals surface area contributed by atoms with E-state index in [2.05, 4.69) is 5.32 Å². The zero-order valence-electron chi connectivity index (χ0n) is 10.6. The summed E-state index contributed by atoms with van der Waals surface area (Å²) in [4.78, 5) is -0.491. The summed E-state index contributed by atoms with van der Waals surface area (Å²) in [5, 5.41) is 3.17. The van der Waals surface area contributed by atoms with E-state index < -0.39 is 26.6 Å². The monoisotopic (exact) mass is 290 g/mol. The van der Waals surface area contributed by atoms with E-state index in [1.165, 1.54) is 7.05 Å². The normalized spacial score (nSPS) is 20.1. The zero-order valence-corrected chi connectivity index (χ0v) is 11.4. The molecule has 4 nitrogen and oxygen atoms in total. The van der Waals surface area contributed by atoms with Gasteiger partial charge in [-0.1, -0.05) is 0 Å². The van der Waals surface area contributed by atoms with E-state index >= 15 is 0 Å². The van der Waals surface area contributed by atoms with Gasteiger partial charge in [-0.15, -0.1) is 0 Å². The Morgan fingerprint density at radius 2 is 2.16 bits per heavy atom. The second-order valence-electron chi connectivity index (χ2n) is 4.65. The summed E-state index contributed by atoms with van der Waals surface area (Å²) in [6.07, 6.45) is 1.90. The number of sulfonamides is 1. The van der Waals surface area contributed by atoms with Crippen LogP contribution >= 0.6 is 0 Å². The number of halogens is 2. The Hall–Kier alpha value is -1.05. The highest BCUT2D eigenvalue weighted by Gasteiger charge is 2.27. The zero-order chi connectivity index (χ0) is 14.0. The fourth-order valence-corrected chi connectivity index (χ4v) is 3.43. The smallest absolute Gasteiger partial charge is 0.245 e. The molecule has 1 fully saturated rings. The van der Waals surface area contributed by atoms with Crippen LogP contribution in [0.4, 0.5) is 8.78 Å². The van der Waals surface area contributed by atoms with Crippen LogP contribution in [0.15, 0.2) is 23.1 Å². The first-order valence-electron chi connectivity index (χ1n) is 6.06. The first-order chi connectivity index (χ1) is 8.91. The molecule has 1 saturated heterocycles. The van der Waals surface area contributed by atoms with Crippen LogP contribution in [0.5, 0.6) is 0 Å². The minimum Gasteiger partial charge on any atom is -0.313 e. The van der Waals surface area contributed by atoms with Crippen molar-refractivity contribution in [2.75, 3.05) is 20.1 Å². The van der Waals surface area contributed by atoms with Crippen LogP contribution < -0.4 is 5.32 Å². The lowest BCUT2D eigenvalue weighted by atomic mass is 10.2. The number of hydrogen-bond acceptors (Lipinski definition) is 3. The van der Waals surface area contributed by atoms with Gasteiger partial charge in [-0.3, -0.25) is 0 Å². The molecule has 1 N–H and O–H groups in total. The lowest BCUT2D eigenvalue weighted by Gasteiger charge is -2.21. The molecular weight excluding hydrogens is 274 g/mol. The summed E-state index contributed by atoms with van der Waals surface area (Å²) >= 11 is 0. The summed E-state index contributed by atoms with van der Waals surface area (Å²) in [6.45, 7) is 1.14. The molecule has 1 aliphatic rings. The largest absolute Gasteiger partial charge is 0.313 e. The van der Waals surface area contributed by atoms with Gasteiger partial charge in [-0.2, -0.15) is 4.31 Å². The van der Waals surface area contributed by atoms with E-state index in [9.17, 15) is 17.2 Å². The molecule has 0 bridgehead atoms. The Kier molecular flexibility index (Phi) is 4.17. The Morgan fingerprint density at radius 3 is 2.74 bits per heavy atom. The van der Waals surface area contributed by atoms with Crippen molar-refractivity contribution >= 4 is 10.0 Å². The van der Waals surface area contributed by atoms with Crippen molar-refractivity contribution < 1.29 is 17.2 Å². The number of rotatable bonds is 4. The summed E-state index contributed by atoms with van der Waals surface area (Å²) < 4.78 is 51.8. The van der Waals surface area contributed by atoms with Gasteiger partial charge in [0.2, 0.25) is 10.0 Å². The molecular formula is C12H16F2N2O2S. The highest BCUT2D eigenvalue weighted by molar-refractivity contribution is 7.89. The molecule has 1 aromatic rings. The number of likely N-dealkylation sites (N-methyl/N-ethyl adjacent to an activating group) is 1. The maximum Gasteiger partial charge on any atom is 0.245 e. The fourth-order valence-electron chi connectivity index (χ4n) is 2.17. The van der Waals surface area contributed by atoms with Crippen LogP contribution in [-0.2, 0) is 10.0 Å². The van der Waals surface area contributed by atoms with E-state index in [0.29, 0.717) is 6.07 Å². The maximum absolute atomic E-state index is 13.6. The fraction of sp³-hybridized carbons (Fsp3) is 0.500. The first kappa shape index (κ1) is 14.4. The summed E-state index contributed by atoms with van der Waals surface area (Å²) in [5.41, 5.74) is 0. The molecule has 0 aromatic heterocycles. The average Bonchev–Trinajstić information content (AvgIpc) is 2.81. The van der Waals surface area contributed by atoms with Gasteiger partial charge in [-0.25, -0.2) is 17.2 Å². The third kappa shape index (κ3) is 3.10. The van der Waals surface area contributed by atoms with Gasteiger partial charge in [0.25, 0.3) is 0 Å². The van der Waals surface area contributed by atoms with Gasteiger partial charge in [-0.05, 0) is 31.5 Å². The third-order valence-electron chi connectivity index (χ3n) is 3.22. The topological polar surface area (TPSA) is 49.4 Å². The van der Waals surface area contributed by atoms with Gasteiger partial charge in [0.05, 0.1) is 0 Å². The Morgan fingerprint density at radius 1 is 1.42 bits per heavy atom. The number of nitrogens with zero attached hydrogens (tertiary/aromatic N) is 1. The third-order valence-corrected chi connectivity index (χ3v) is 5.08. The van der Waals surface area contributed by atoms with Crippen molar-refractivity contribution in [3.8, 4) is 0 Å². The van der Waals surface area contributed by atoms with Crippen molar-refractivity contribution in [2.24, 2.45) is 0 Å². The molecule has 1 aromatic carbocycles. The number of nitrogens with one attached hydrogen (secondary N) is 1. The van der Waals surface area contributed by atoms with Crippen LogP contribution in [-0.4, -0.2) is 38.9 Å². The minimum atomic E-state index is -3.92. The van der Waals surface area contributed by atoms with Gasteiger partial charge >= 0.3 is 0 Å². The predicted octanol–water partition coefficient (Wildman–Crippen LogP) is 1.34. The Balaban J connectivity index is 2.20. The first-order valence-corrected chi connectivity index (χ1v) is 7.50. The van der Waals surface area contributed by atoms with Gasteiger partial charge < -0.3 is 5.32 Å². The maximum atomic E-state index is 13.6. The number of hydrogen-bond donors (Lipinski definition) is 1. The highest BCUT2D eigenvalue weighted by Crippen LogP contribution is 2.20. The van der Waals surface area contributed by atoms with Gasteiger partial charge in [0.1, 0.15) is 16.5 Å². The number of benzene rings is 1. The molecule has 0 aliphatic carbocycles. The Bertz CT molecular complexity index is 557. The molecule has 19 heavy (non-hydrogen) atoms. The molecule has 7 heteroatoms. The second kappa shape index (κ2) is 5.52. The predicted molar refractivity (Wildman–Crippen MR) is 67.2 cm³/mol. The van der Waals surface area contributed by atoms with Crippen LogP contribution in [0.3, 0.4) is 0 Å². The molecule has 0 amide bonds. The van der Waals surface area contributed by atoms with Crippen LogP contribution in [0.2, 0.25) is 0 Å².